The molecule has 0 bridgehead atoms. The predicted octanol–water partition coefficient (Wildman–Crippen LogP) is 3.33. The first-order valence-corrected chi connectivity index (χ1v) is 8.66. The van der Waals surface area contributed by atoms with Gasteiger partial charge in [-0.1, -0.05) is 11.6 Å². The summed E-state index contributed by atoms with van der Waals surface area (Å²) in [5, 5.41) is 6.85. The Bertz CT molecular complexity index is 767. The number of rotatable bonds is 8. The Kier molecular flexibility index (Phi) is 7.17. The van der Waals surface area contributed by atoms with Crippen LogP contribution in [0.4, 0.5) is 17.5 Å². The molecule has 0 unspecified atom stereocenters. The molecule has 1 aromatic heterocycles. The monoisotopic (exact) mass is 377 g/mol. The van der Waals surface area contributed by atoms with Crippen LogP contribution in [0.2, 0.25) is 5.02 Å². The van der Waals surface area contributed by atoms with Crippen molar-refractivity contribution in [1.82, 2.24) is 14.9 Å². The van der Waals surface area contributed by atoms with Crippen molar-refractivity contribution in [1.29, 1.82) is 0 Å². The number of nitrogens with zero attached hydrogens (tertiary/aromatic N) is 3. The highest BCUT2D eigenvalue weighted by Crippen LogP contribution is 2.26. The SMILES string of the molecule is COC(=O)c1ccc(Cl)c(Nc2cc(C)nc(NCCCN(C)C)n2)c1. The van der Waals surface area contributed by atoms with Crippen LogP contribution < -0.4 is 10.6 Å². The Hall–Kier alpha value is -2.38. The zero-order valence-electron chi connectivity index (χ0n) is 15.5. The van der Waals surface area contributed by atoms with Crippen molar-refractivity contribution in [3.63, 3.8) is 0 Å². The number of esters is 1. The Morgan fingerprint density at radius 1 is 1.27 bits per heavy atom. The molecule has 26 heavy (non-hydrogen) atoms. The molecule has 0 amide bonds. The lowest BCUT2D eigenvalue weighted by Gasteiger charge is -2.13. The smallest absolute Gasteiger partial charge is 0.337 e. The molecule has 140 valence electrons. The van der Waals surface area contributed by atoms with Crippen molar-refractivity contribution in [2.45, 2.75) is 13.3 Å². The number of carbonyl (C=O) groups is 1. The highest BCUT2D eigenvalue weighted by atomic mass is 35.5. The van der Waals surface area contributed by atoms with Crippen LogP contribution in [0.25, 0.3) is 0 Å². The number of methoxy groups -OCH3 is 1. The zero-order chi connectivity index (χ0) is 19.1. The van der Waals surface area contributed by atoms with Crippen LogP contribution in [0.15, 0.2) is 24.3 Å². The fourth-order valence-electron chi connectivity index (χ4n) is 2.31. The summed E-state index contributed by atoms with van der Waals surface area (Å²) in [5.41, 5.74) is 1.80. The largest absolute Gasteiger partial charge is 0.465 e. The van der Waals surface area contributed by atoms with Crippen molar-refractivity contribution < 1.29 is 9.53 Å². The number of anilines is 3. The fourth-order valence-corrected chi connectivity index (χ4v) is 2.48. The second-order valence-corrected chi connectivity index (χ2v) is 6.52. The molecule has 0 radical (unpaired) electrons. The Balaban J connectivity index is 2.13. The first-order chi connectivity index (χ1) is 12.4. The van der Waals surface area contributed by atoms with Crippen LogP contribution in [0.5, 0.6) is 0 Å². The van der Waals surface area contributed by atoms with Crippen LogP contribution >= 0.6 is 11.6 Å². The predicted molar refractivity (Wildman–Crippen MR) is 105 cm³/mol. The molecule has 0 aliphatic heterocycles. The van der Waals surface area contributed by atoms with Gasteiger partial charge in [0.25, 0.3) is 0 Å². The van der Waals surface area contributed by atoms with Crippen molar-refractivity contribution in [2.75, 3.05) is 44.9 Å². The van der Waals surface area contributed by atoms with Gasteiger partial charge >= 0.3 is 5.97 Å². The third kappa shape index (κ3) is 5.86. The van der Waals surface area contributed by atoms with Crippen molar-refractivity contribution >= 4 is 35.0 Å². The highest BCUT2D eigenvalue weighted by molar-refractivity contribution is 6.33. The number of aryl methyl sites for hydroxylation is 1. The normalized spacial score (nSPS) is 10.7. The standard InChI is InChI=1S/C18H24ClN5O2/c1-12-10-16(23-18(21-12)20-8-5-9-24(2)3)22-15-11-13(17(25)26-4)6-7-14(15)19/h6-7,10-11H,5,8-9H2,1-4H3,(H2,20,21,22,23). The van der Waals surface area contributed by atoms with Gasteiger partial charge in [-0.15, -0.1) is 0 Å². The molecule has 1 aromatic carbocycles. The van der Waals surface area contributed by atoms with Crippen molar-refractivity contribution in [2.24, 2.45) is 0 Å². The van der Waals surface area contributed by atoms with Crippen LogP contribution in [-0.4, -0.2) is 55.1 Å². The lowest BCUT2D eigenvalue weighted by Crippen LogP contribution is -2.17. The molecule has 8 heteroatoms. The summed E-state index contributed by atoms with van der Waals surface area (Å²) in [7, 11) is 5.42. The van der Waals surface area contributed by atoms with E-state index >= 15 is 0 Å². The van der Waals surface area contributed by atoms with Crippen molar-refractivity contribution in [3.8, 4) is 0 Å². The molecule has 2 N–H and O–H groups in total. The summed E-state index contributed by atoms with van der Waals surface area (Å²) in [6.45, 7) is 3.66. The molecule has 0 aliphatic carbocycles. The third-order valence-corrected chi connectivity index (χ3v) is 3.90. The van der Waals surface area contributed by atoms with Crippen LogP contribution in [0, 0.1) is 6.92 Å². The molecule has 0 saturated heterocycles. The summed E-state index contributed by atoms with van der Waals surface area (Å²) < 4.78 is 4.74. The number of halogens is 1. The number of aromatic nitrogens is 2. The van der Waals surface area contributed by atoms with E-state index in [2.05, 4.69) is 25.5 Å². The Morgan fingerprint density at radius 3 is 2.73 bits per heavy atom. The Morgan fingerprint density at radius 2 is 2.04 bits per heavy atom. The lowest BCUT2D eigenvalue weighted by atomic mass is 10.2. The quantitative estimate of drug-likeness (QED) is 0.539. The first kappa shape index (κ1) is 19.9. The molecule has 0 saturated carbocycles. The van der Waals surface area contributed by atoms with Gasteiger partial charge in [0, 0.05) is 18.3 Å². The summed E-state index contributed by atoms with van der Waals surface area (Å²) in [6, 6.07) is 6.70. The molecular formula is C18H24ClN5O2. The van der Waals surface area contributed by atoms with Crippen molar-refractivity contribution in [3.05, 3.63) is 40.5 Å². The molecule has 0 atom stereocenters. The number of hydrogen-bond acceptors (Lipinski definition) is 7. The summed E-state index contributed by atoms with van der Waals surface area (Å²) in [6.07, 6.45) is 0.986. The molecular weight excluding hydrogens is 354 g/mol. The number of hydrogen-bond donors (Lipinski definition) is 2. The molecule has 2 rings (SSSR count). The molecule has 1 heterocycles. The molecule has 7 nitrogen and oxygen atoms in total. The minimum Gasteiger partial charge on any atom is -0.465 e. The van der Waals surface area contributed by atoms with E-state index in [4.69, 9.17) is 16.3 Å². The van der Waals surface area contributed by atoms with Gasteiger partial charge in [-0.3, -0.25) is 0 Å². The fraction of sp³-hybridized carbons (Fsp3) is 0.389. The summed E-state index contributed by atoms with van der Waals surface area (Å²) in [5.74, 6) is 0.717. The molecule has 0 spiro atoms. The van der Waals surface area contributed by atoms with Gasteiger partial charge < -0.3 is 20.3 Å². The van der Waals surface area contributed by atoms with E-state index in [0.717, 1.165) is 25.2 Å². The van der Waals surface area contributed by atoms with Gasteiger partial charge in [0.2, 0.25) is 5.95 Å². The van der Waals surface area contributed by atoms with E-state index < -0.39 is 5.97 Å². The average molecular weight is 378 g/mol. The summed E-state index contributed by atoms with van der Waals surface area (Å²) >= 11 is 6.23. The second kappa shape index (κ2) is 9.35. The first-order valence-electron chi connectivity index (χ1n) is 8.28. The number of carbonyl (C=O) groups excluding carboxylic acids is 1. The minimum atomic E-state index is -0.424. The van der Waals surface area contributed by atoms with E-state index in [1.54, 1.807) is 18.2 Å². The number of benzene rings is 1. The van der Waals surface area contributed by atoms with Gasteiger partial charge in [0.1, 0.15) is 5.82 Å². The maximum atomic E-state index is 11.7. The van der Waals surface area contributed by atoms with E-state index in [1.165, 1.54) is 7.11 Å². The molecule has 0 aliphatic rings. The number of nitrogens with one attached hydrogen (secondary N) is 2. The van der Waals surface area contributed by atoms with Gasteiger partial charge in [0.15, 0.2) is 0 Å². The summed E-state index contributed by atoms with van der Waals surface area (Å²) in [4.78, 5) is 22.7. The maximum absolute atomic E-state index is 11.7. The topological polar surface area (TPSA) is 79.4 Å². The van der Waals surface area contributed by atoms with E-state index in [9.17, 15) is 4.79 Å². The second-order valence-electron chi connectivity index (χ2n) is 6.11. The molecule has 0 fully saturated rings. The van der Waals surface area contributed by atoms with Gasteiger partial charge in [-0.2, -0.15) is 4.98 Å². The Labute approximate surface area is 158 Å². The van der Waals surface area contributed by atoms with E-state index in [1.807, 2.05) is 27.1 Å². The van der Waals surface area contributed by atoms with Crippen LogP contribution in [-0.2, 0) is 4.74 Å². The van der Waals surface area contributed by atoms with Gasteiger partial charge in [0.05, 0.1) is 23.4 Å². The third-order valence-electron chi connectivity index (χ3n) is 3.57. The zero-order valence-corrected chi connectivity index (χ0v) is 16.2. The van der Waals surface area contributed by atoms with Gasteiger partial charge in [-0.05, 0) is 52.2 Å². The molecule has 2 aromatic rings. The minimum absolute atomic E-state index is 0.409. The van der Waals surface area contributed by atoms with Crippen LogP contribution in [0.1, 0.15) is 22.5 Å². The maximum Gasteiger partial charge on any atom is 0.337 e. The van der Waals surface area contributed by atoms with Crippen LogP contribution in [0.3, 0.4) is 0 Å². The lowest BCUT2D eigenvalue weighted by molar-refractivity contribution is 0.0601. The van der Waals surface area contributed by atoms with Gasteiger partial charge in [-0.25, -0.2) is 9.78 Å². The average Bonchev–Trinajstić information content (AvgIpc) is 2.59. The van der Waals surface area contributed by atoms with E-state index in [-0.39, 0.29) is 0 Å². The number of ether oxygens (including phenoxy) is 1. The highest BCUT2D eigenvalue weighted by Gasteiger charge is 2.10. The van der Waals surface area contributed by atoms with E-state index in [0.29, 0.717) is 28.0 Å².